The number of rotatable bonds is 7. The van der Waals surface area contributed by atoms with Gasteiger partial charge in [0.15, 0.2) is 0 Å². The van der Waals surface area contributed by atoms with Crippen molar-refractivity contribution in [2.75, 3.05) is 6.54 Å². The van der Waals surface area contributed by atoms with Crippen LogP contribution >= 0.6 is 11.8 Å². The second-order valence-electron chi connectivity index (χ2n) is 5.18. The van der Waals surface area contributed by atoms with Gasteiger partial charge < -0.3 is 5.32 Å². The topological polar surface area (TPSA) is 72.2 Å². The van der Waals surface area contributed by atoms with Gasteiger partial charge in [0, 0.05) is 23.6 Å². The number of hydrogen-bond donors (Lipinski definition) is 1. The summed E-state index contributed by atoms with van der Waals surface area (Å²) < 4.78 is 13.1. The van der Waals surface area contributed by atoms with Crippen molar-refractivity contribution in [3.05, 3.63) is 70.0 Å². The minimum atomic E-state index is -0.461. The van der Waals surface area contributed by atoms with Crippen LogP contribution in [0.4, 0.5) is 10.1 Å². The van der Waals surface area contributed by atoms with E-state index in [1.807, 2.05) is 6.07 Å². The minimum Gasteiger partial charge on any atom is -0.355 e. The Bertz CT molecular complexity index is 722. The maximum Gasteiger partial charge on any atom is 0.269 e. The summed E-state index contributed by atoms with van der Waals surface area (Å²) in [5, 5.41) is 13.1. The lowest BCUT2D eigenvalue weighted by molar-refractivity contribution is -0.384. The number of nitrogens with one attached hydrogen (secondary N) is 1. The Hall–Kier alpha value is -2.41. The molecule has 0 aliphatic rings. The molecule has 0 heterocycles. The highest BCUT2D eigenvalue weighted by atomic mass is 32.2. The number of nitrogens with zero attached hydrogens (tertiary/aromatic N) is 1. The second-order valence-corrected chi connectivity index (χ2v) is 6.60. The van der Waals surface area contributed by atoms with Gasteiger partial charge in [-0.1, -0.05) is 12.1 Å². The average molecular weight is 348 g/mol. The molecule has 0 unspecified atom stereocenters. The van der Waals surface area contributed by atoms with Gasteiger partial charge in [0.1, 0.15) is 5.82 Å². The highest BCUT2D eigenvalue weighted by Gasteiger charge is 2.14. The van der Waals surface area contributed by atoms with Crippen LogP contribution in [0.5, 0.6) is 0 Å². The summed E-state index contributed by atoms with van der Waals surface area (Å²) in [4.78, 5) is 23.0. The molecule has 5 nitrogen and oxygen atoms in total. The Morgan fingerprint density at radius 3 is 2.62 bits per heavy atom. The number of non-ortho nitro benzene ring substituents is 1. The zero-order valence-corrected chi connectivity index (χ0v) is 13.9. The summed E-state index contributed by atoms with van der Waals surface area (Å²) in [6.45, 7) is 2.19. The number of nitro benzene ring substituents is 1. The molecule has 24 heavy (non-hydrogen) atoms. The first-order chi connectivity index (χ1) is 11.5. The normalized spacial score (nSPS) is 11.8. The fraction of sp³-hybridized carbons (Fsp3) is 0.235. The van der Waals surface area contributed by atoms with E-state index < -0.39 is 4.92 Å². The van der Waals surface area contributed by atoms with Gasteiger partial charge in [0.2, 0.25) is 5.91 Å². The zero-order chi connectivity index (χ0) is 17.5. The van der Waals surface area contributed by atoms with Crippen molar-refractivity contribution in [3.63, 3.8) is 0 Å². The molecule has 2 aromatic rings. The number of hydrogen-bond acceptors (Lipinski definition) is 4. The number of thioether (sulfide) groups is 1. The Balaban J connectivity index is 1.80. The molecular formula is C17H17FN2O3S. The standard InChI is InChI=1S/C17H17FN2O3S/c1-12(24-16-7-5-15(6-8-16)20(22)23)17(21)19-10-9-13-3-2-4-14(18)11-13/h2-8,11-12H,9-10H2,1H3,(H,19,21)/t12-/m0/s1. The van der Waals surface area contributed by atoms with E-state index in [4.69, 9.17) is 0 Å². The Kier molecular flexibility index (Phi) is 6.31. The van der Waals surface area contributed by atoms with Gasteiger partial charge in [-0.05, 0) is 43.2 Å². The third-order valence-corrected chi connectivity index (χ3v) is 4.44. The van der Waals surface area contributed by atoms with Crippen molar-refractivity contribution in [2.45, 2.75) is 23.5 Å². The number of nitro groups is 1. The highest BCUT2D eigenvalue weighted by molar-refractivity contribution is 8.00. The number of amides is 1. The molecule has 1 atom stereocenters. The molecule has 0 fully saturated rings. The fourth-order valence-corrected chi connectivity index (χ4v) is 2.96. The molecule has 0 bridgehead atoms. The van der Waals surface area contributed by atoms with Crippen molar-refractivity contribution in [2.24, 2.45) is 0 Å². The summed E-state index contributed by atoms with van der Waals surface area (Å²) in [5.74, 6) is -0.421. The van der Waals surface area contributed by atoms with Crippen LogP contribution in [-0.4, -0.2) is 22.6 Å². The van der Waals surface area contributed by atoms with Gasteiger partial charge in [-0.15, -0.1) is 11.8 Å². The number of halogens is 1. The van der Waals surface area contributed by atoms with Crippen LogP contribution in [0.3, 0.4) is 0 Å². The van der Waals surface area contributed by atoms with Crippen LogP contribution in [0, 0.1) is 15.9 Å². The maximum atomic E-state index is 13.1. The largest absolute Gasteiger partial charge is 0.355 e. The van der Waals surface area contributed by atoms with E-state index in [1.165, 1.54) is 36.0 Å². The monoisotopic (exact) mass is 348 g/mol. The van der Waals surface area contributed by atoms with Crippen molar-refractivity contribution in [1.29, 1.82) is 0 Å². The lowest BCUT2D eigenvalue weighted by atomic mass is 10.1. The van der Waals surface area contributed by atoms with Gasteiger partial charge in [0.05, 0.1) is 10.2 Å². The minimum absolute atomic E-state index is 0.0200. The highest BCUT2D eigenvalue weighted by Crippen LogP contribution is 2.25. The fourth-order valence-electron chi connectivity index (χ4n) is 2.07. The maximum absolute atomic E-state index is 13.1. The summed E-state index contributed by atoms with van der Waals surface area (Å²) in [5.41, 5.74) is 0.845. The molecule has 0 radical (unpaired) electrons. The zero-order valence-electron chi connectivity index (χ0n) is 13.1. The van der Waals surface area contributed by atoms with Crippen molar-refractivity contribution in [1.82, 2.24) is 5.32 Å². The van der Waals surface area contributed by atoms with Gasteiger partial charge in [0.25, 0.3) is 5.69 Å². The third-order valence-electron chi connectivity index (χ3n) is 3.33. The van der Waals surface area contributed by atoms with Gasteiger partial charge >= 0.3 is 0 Å². The molecule has 2 aromatic carbocycles. The van der Waals surface area contributed by atoms with Gasteiger partial charge in [-0.2, -0.15) is 0 Å². The third kappa shape index (κ3) is 5.34. The van der Waals surface area contributed by atoms with Gasteiger partial charge in [-0.3, -0.25) is 14.9 Å². The molecule has 0 aromatic heterocycles. The second kappa shape index (κ2) is 8.44. The smallest absolute Gasteiger partial charge is 0.269 e. The quantitative estimate of drug-likeness (QED) is 0.472. The first-order valence-corrected chi connectivity index (χ1v) is 8.27. The number of carbonyl (C=O) groups is 1. The van der Waals surface area contributed by atoms with Crippen molar-refractivity contribution < 1.29 is 14.1 Å². The molecule has 7 heteroatoms. The summed E-state index contributed by atoms with van der Waals surface area (Å²) in [6.07, 6.45) is 0.554. The molecule has 1 N–H and O–H groups in total. The first kappa shape index (κ1) is 17.9. The van der Waals surface area contributed by atoms with E-state index in [0.717, 1.165) is 10.5 Å². The van der Waals surface area contributed by atoms with Crippen molar-refractivity contribution in [3.8, 4) is 0 Å². The predicted molar refractivity (Wildman–Crippen MR) is 91.5 cm³/mol. The molecule has 0 aliphatic heterocycles. The van der Waals surface area contributed by atoms with Crippen LogP contribution in [0.2, 0.25) is 0 Å². The first-order valence-electron chi connectivity index (χ1n) is 7.39. The van der Waals surface area contributed by atoms with Gasteiger partial charge in [-0.25, -0.2) is 4.39 Å². The van der Waals surface area contributed by atoms with E-state index in [-0.39, 0.29) is 22.7 Å². The molecule has 0 saturated heterocycles. The van der Waals surface area contributed by atoms with E-state index in [2.05, 4.69) is 5.32 Å². The summed E-state index contributed by atoms with van der Waals surface area (Å²) in [7, 11) is 0. The van der Waals surface area contributed by atoms with E-state index in [0.29, 0.717) is 13.0 Å². The number of carbonyl (C=O) groups excluding carboxylic acids is 1. The SMILES string of the molecule is C[C@H](Sc1ccc([N+](=O)[O-])cc1)C(=O)NCCc1cccc(F)c1. The number of benzene rings is 2. The predicted octanol–water partition coefficient (Wildman–Crippen LogP) is 3.57. The molecular weight excluding hydrogens is 331 g/mol. The van der Waals surface area contributed by atoms with Crippen LogP contribution in [-0.2, 0) is 11.2 Å². The molecule has 0 saturated carbocycles. The lowest BCUT2D eigenvalue weighted by Gasteiger charge is -2.12. The molecule has 126 valence electrons. The van der Waals surface area contributed by atoms with E-state index >= 15 is 0 Å². The molecule has 0 spiro atoms. The van der Waals surface area contributed by atoms with Crippen molar-refractivity contribution >= 4 is 23.4 Å². The summed E-state index contributed by atoms with van der Waals surface area (Å²) >= 11 is 1.33. The lowest BCUT2D eigenvalue weighted by Crippen LogP contribution is -2.32. The van der Waals surface area contributed by atoms with Crippen LogP contribution < -0.4 is 5.32 Å². The molecule has 2 rings (SSSR count). The Labute approximate surface area is 143 Å². The Morgan fingerprint density at radius 1 is 1.29 bits per heavy atom. The Morgan fingerprint density at radius 2 is 2.00 bits per heavy atom. The van der Waals surface area contributed by atoms with Crippen LogP contribution in [0.1, 0.15) is 12.5 Å². The van der Waals surface area contributed by atoms with E-state index in [9.17, 15) is 19.3 Å². The molecule has 1 amide bonds. The summed E-state index contributed by atoms with van der Waals surface area (Å²) in [6, 6.07) is 12.3. The van der Waals surface area contributed by atoms with Crippen LogP contribution in [0.25, 0.3) is 0 Å². The van der Waals surface area contributed by atoms with E-state index in [1.54, 1.807) is 25.1 Å². The molecule has 0 aliphatic carbocycles. The van der Waals surface area contributed by atoms with Crippen LogP contribution in [0.15, 0.2) is 53.4 Å². The average Bonchev–Trinajstić information content (AvgIpc) is 2.55.